The van der Waals surface area contributed by atoms with Crippen molar-refractivity contribution < 1.29 is 23.9 Å². The molecule has 0 radical (unpaired) electrons. The van der Waals surface area contributed by atoms with Gasteiger partial charge in [-0.3, -0.25) is 25.1 Å². The standard InChI is InChI=1S/C15H16N4O5/c1-24-11-4-2-10(3-5-11)18-7-9(6-13(18)21)14(22)17-19-8-12(20)16-15(19)23/h2-5,9H,6-8H2,1H3,(H,17,22)(H,16,20,23)/t9-/m0/s1. The van der Waals surface area contributed by atoms with E-state index in [0.29, 0.717) is 11.4 Å². The minimum absolute atomic E-state index is 0.0429. The summed E-state index contributed by atoms with van der Waals surface area (Å²) in [5.41, 5.74) is 3.05. The molecule has 2 saturated heterocycles. The Morgan fingerprint density at radius 2 is 1.96 bits per heavy atom. The van der Waals surface area contributed by atoms with Gasteiger partial charge < -0.3 is 9.64 Å². The molecule has 0 unspecified atom stereocenters. The van der Waals surface area contributed by atoms with Gasteiger partial charge in [0.05, 0.1) is 13.0 Å². The van der Waals surface area contributed by atoms with E-state index in [0.717, 1.165) is 5.01 Å². The fraction of sp³-hybridized carbons (Fsp3) is 0.333. The van der Waals surface area contributed by atoms with Crippen LogP contribution in [0.3, 0.4) is 0 Å². The number of hydrazine groups is 1. The number of urea groups is 1. The highest BCUT2D eigenvalue weighted by molar-refractivity contribution is 6.04. The van der Waals surface area contributed by atoms with Crippen molar-refractivity contribution in [2.45, 2.75) is 6.42 Å². The first-order valence-electron chi connectivity index (χ1n) is 7.34. The lowest BCUT2D eigenvalue weighted by Crippen LogP contribution is -2.47. The molecule has 0 bridgehead atoms. The zero-order valence-corrected chi connectivity index (χ0v) is 12.9. The molecule has 0 aromatic heterocycles. The third-order valence-electron chi connectivity index (χ3n) is 3.92. The van der Waals surface area contributed by atoms with Crippen LogP contribution in [0.25, 0.3) is 0 Å². The van der Waals surface area contributed by atoms with Crippen molar-refractivity contribution in [2.75, 3.05) is 25.1 Å². The highest BCUT2D eigenvalue weighted by Crippen LogP contribution is 2.27. The number of carbonyl (C=O) groups is 4. The van der Waals surface area contributed by atoms with Gasteiger partial charge in [0.25, 0.3) is 0 Å². The lowest BCUT2D eigenvalue weighted by molar-refractivity contribution is -0.129. The van der Waals surface area contributed by atoms with Crippen LogP contribution < -0.4 is 20.4 Å². The van der Waals surface area contributed by atoms with E-state index in [9.17, 15) is 19.2 Å². The van der Waals surface area contributed by atoms with Gasteiger partial charge in [0.2, 0.25) is 17.7 Å². The van der Waals surface area contributed by atoms with Crippen LogP contribution in [-0.4, -0.2) is 49.0 Å². The van der Waals surface area contributed by atoms with E-state index >= 15 is 0 Å². The van der Waals surface area contributed by atoms with Crippen molar-refractivity contribution in [1.82, 2.24) is 15.8 Å². The maximum Gasteiger partial charge on any atom is 0.343 e. The van der Waals surface area contributed by atoms with Crippen LogP contribution in [0.1, 0.15) is 6.42 Å². The predicted octanol–water partition coefficient (Wildman–Crippen LogP) is -0.369. The van der Waals surface area contributed by atoms with E-state index in [-0.39, 0.29) is 25.4 Å². The number of amides is 5. The SMILES string of the molecule is COc1ccc(N2C[C@@H](C(=O)NN3CC(=O)NC3=O)CC2=O)cc1. The number of nitrogens with zero attached hydrogens (tertiary/aromatic N) is 2. The minimum atomic E-state index is -0.676. The van der Waals surface area contributed by atoms with E-state index in [4.69, 9.17) is 4.74 Å². The average molecular weight is 332 g/mol. The van der Waals surface area contributed by atoms with Gasteiger partial charge in [-0.2, -0.15) is 0 Å². The smallest absolute Gasteiger partial charge is 0.343 e. The Balaban J connectivity index is 1.64. The molecule has 9 nitrogen and oxygen atoms in total. The molecule has 2 aliphatic rings. The van der Waals surface area contributed by atoms with Crippen LogP contribution in [0.2, 0.25) is 0 Å². The second-order valence-corrected chi connectivity index (χ2v) is 5.52. The Hall–Kier alpha value is -3.10. The number of methoxy groups -OCH3 is 1. The maximum atomic E-state index is 12.2. The van der Waals surface area contributed by atoms with E-state index in [1.807, 2.05) is 0 Å². The van der Waals surface area contributed by atoms with Crippen LogP contribution in [0, 0.1) is 5.92 Å². The highest BCUT2D eigenvalue weighted by atomic mass is 16.5. The molecule has 1 aromatic carbocycles. The summed E-state index contributed by atoms with van der Waals surface area (Å²) in [6, 6.07) is 6.27. The summed E-state index contributed by atoms with van der Waals surface area (Å²) < 4.78 is 5.07. The Kier molecular flexibility index (Phi) is 4.07. The molecule has 1 aromatic rings. The summed E-state index contributed by atoms with van der Waals surface area (Å²) in [4.78, 5) is 48.5. The third kappa shape index (κ3) is 3.00. The van der Waals surface area contributed by atoms with Crippen LogP contribution in [0.15, 0.2) is 24.3 Å². The number of hydrogen-bond donors (Lipinski definition) is 2. The molecule has 0 spiro atoms. The molecule has 2 heterocycles. The van der Waals surface area contributed by atoms with Gasteiger partial charge in [0, 0.05) is 18.7 Å². The zero-order chi connectivity index (χ0) is 17.3. The predicted molar refractivity (Wildman–Crippen MR) is 81.8 cm³/mol. The Labute approximate surface area is 137 Å². The van der Waals surface area contributed by atoms with Crippen LogP contribution in [0.5, 0.6) is 5.75 Å². The van der Waals surface area contributed by atoms with E-state index in [2.05, 4.69) is 10.7 Å². The first kappa shape index (κ1) is 15.8. The molecule has 1 atom stereocenters. The molecular formula is C15H16N4O5. The van der Waals surface area contributed by atoms with Crippen molar-refractivity contribution in [3.8, 4) is 5.75 Å². The van der Waals surface area contributed by atoms with E-state index in [1.165, 1.54) is 4.90 Å². The zero-order valence-electron chi connectivity index (χ0n) is 12.9. The first-order valence-corrected chi connectivity index (χ1v) is 7.34. The summed E-state index contributed by atoms with van der Waals surface area (Å²) in [7, 11) is 1.55. The Morgan fingerprint density at radius 1 is 1.25 bits per heavy atom. The number of anilines is 1. The molecule has 2 N–H and O–H groups in total. The lowest BCUT2D eigenvalue weighted by Gasteiger charge is -2.19. The van der Waals surface area contributed by atoms with E-state index < -0.39 is 23.8 Å². The van der Waals surface area contributed by atoms with Crippen LogP contribution in [0.4, 0.5) is 10.5 Å². The fourth-order valence-corrected chi connectivity index (χ4v) is 2.65. The van der Waals surface area contributed by atoms with Gasteiger partial charge in [-0.25, -0.2) is 9.80 Å². The number of rotatable bonds is 4. The van der Waals surface area contributed by atoms with Crippen molar-refractivity contribution >= 4 is 29.4 Å². The Bertz CT molecular complexity index is 702. The molecule has 2 aliphatic heterocycles. The van der Waals surface area contributed by atoms with Crippen molar-refractivity contribution in [3.05, 3.63) is 24.3 Å². The normalized spacial score (nSPS) is 20.4. The van der Waals surface area contributed by atoms with Gasteiger partial charge in [-0.1, -0.05) is 0 Å². The van der Waals surface area contributed by atoms with Gasteiger partial charge in [-0.05, 0) is 24.3 Å². The molecule has 2 fully saturated rings. The van der Waals surface area contributed by atoms with Crippen molar-refractivity contribution in [2.24, 2.45) is 5.92 Å². The second kappa shape index (κ2) is 6.19. The van der Waals surface area contributed by atoms with Crippen LogP contribution >= 0.6 is 0 Å². The summed E-state index contributed by atoms with van der Waals surface area (Å²) in [6.45, 7) is -0.0200. The molecule has 0 saturated carbocycles. The van der Waals surface area contributed by atoms with Gasteiger partial charge >= 0.3 is 6.03 Å². The summed E-state index contributed by atoms with van der Waals surface area (Å²) in [5.74, 6) is -1.05. The molecule has 5 amide bonds. The molecule has 3 rings (SSSR count). The van der Waals surface area contributed by atoms with E-state index in [1.54, 1.807) is 31.4 Å². The van der Waals surface area contributed by atoms with Crippen LogP contribution in [-0.2, 0) is 14.4 Å². The quantitative estimate of drug-likeness (QED) is 0.732. The van der Waals surface area contributed by atoms with Gasteiger partial charge in [0.1, 0.15) is 12.3 Å². The number of benzene rings is 1. The number of imide groups is 1. The first-order chi connectivity index (χ1) is 11.5. The largest absolute Gasteiger partial charge is 0.497 e. The fourth-order valence-electron chi connectivity index (χ4n) is 2.65. The molecular weight excluding hydrogens is 316 g/mol. The summed E-state index contributed by atoms with van der Waals surface area (Å²) >= 11 is 0. The number of nitrogens with one attached hydrogen (secondary N) is 2. The average Bonchev–Trinajstić information content (AvgIpc) is 3.10. The topological polar surface area (TPSA) is 108 Å². The summed E-state index contributed by atoms with van der Waals surface area (Å²) in [5, 5.41) is 2.97. The monoisotopic (exact) mass is 332 g/mol. The molecule has 9 heteroatoms. The van der Waals surface area contributed by atoms with Gasteiger partial charge in [-0.15, -0.1) is 0 Å². The molecule has 126 valence electrons. The number of hydrogen-bond acceptors (Lipinski definition) is 5. The maximum absolute atomic E-state index is 12.2. The van der Waals surface area contributed by atoms with Crippen molar-refractivity contribution in [1.29, 1.82) is 0 Å². The highest BCUT2D eigenvalue weighted by Gasteiger charge is 2.37. The molecule has 0 aliphatic carbocycles. The number of ether oxygens (including phenoxy) is 1. The van der Waals surface area contributed by atoms with Crippen molar-refractivity contribution in [3.63, 3.8) is 0 Å². The number of carbonyl (C=O) groups excluding carboxylic acids is 4. The lowest BCUT2D eigenvalue weighted by atomic mass is 10.1. The summed E-state index contributed by atoms with van der Waals surface area (Å²) in [6.07, 6.45) is 0.0429. The molecule has 24 heavy (non-hydrogen) atoms. The Morgan fingerprint density at radius 3 is 2.54 bits per heavy atom. The minimum Gasteiger partial charge on any atom is -0.497 e. The van der Waals surface area contributed by atoms with Gasteiger partial charge in [0.15, 0.2) is 0 Å². The second-order valence-electron chi connectivity index (χ2n) is 5.52. The third-order valence-corrected chi connectivity index (χ3v) is 3.92.